The number of hydrogen-bond acceptors (Lipinski definition) is 4. The van der Waals surface area contributed by atoms with E-state index >= 15 is 0 Å². The Morgan fingerprint density at radius 3 is 2.67 bits per heavy atom. The Kier molecular flexibility index (Phi) is 4.87. The summed E-state index contributed by atoms with van der Waals surface area (Å²) in [6, 6.07) is 6.17. The van der Waals surface area contributed by atoms with Crippen molar-refractivity contribution in [1.82, 2.24) is 15.3 Å². The third-order valence-corrected chi connectivity index (χ3v) is 3.08. The standard InChI is InChI=1S/C16H20N4O/c1-4-7-17-16(21)14-9-19-15(10-18-14)20-13-8-11(2)5-6-12(13)3/h5-6,8-10H,4,7H2,1-3H3,(H,17,21)(H,19,20). The zero-order chi connectivity index (χ0) is 15.2. The van der Waals surface area contributed by atoms with Gasteiger partial charge >= 0.3 is 0 Å². The first-order chi connectivity index (χ1) is 10.1. The molecule has 1 amide bonds. The van der Waals surface area contributed by atoms with Crippen molar-refractivity contribution in [2.75, 3.05) is 11.9 Å². The van der Waals surface area contributed by atoms with Crippen LogP contribution in [0, 0.1) is 13.8 Å². The summed E-state index contributed by atoms with van der Waals surface area (Å²) in [6.45, 7) is 6.71. The molecule has 0 unspecified atom stereocenters. The Labute approximate surface area is 124 Å². The molecule has 5 heteroatoms. The Morgan fingerprint density at radius 1 is 1.19 bits per heavy atom. The highest BCUT2D eigenvalue weighted by Gasteiger charge is 2.07. The number of amides is 1. The highest BCUT2D eigenvalue weighted by molar-refractivity contribution is 5.92. The van der Waals surface area contributed by atoms with E-state index in [4.69, 9.17) is 0 Å². The second-order valence-corrected chi connectivity index (χ2v) is 4.99. The SMILES string of the molecule is CCCNC(=O)c1cnc(Nc2cc(C)ccc2C)cn1. The number of benzene rings is 1. The number of hydrogen-bond donors (Lipinski definition) is 2. The van der Waals surface area contributed by atoms with Gasteiger partial charge in [-0.2, -0.15) is 0 Å². The average Bonchev–Trinajstić information content (AvgIpc) is 2.49. The molecule has 0 bridgehead atoms. The molecule has 0 atom stereocenters. The minimum Gasteiger partial charge on any atom is -0.351 e. The van der Waals surface area contributed by atoms with Gasteiger partial charge in [-0.25, -0.2) is 9.97 Å². The summed E-state index contributed by atoms with van der Waals surface area (Å²) in [5.41, 5.74) is 3.63. The normalized spacial score (nSPS) is 10.2. The van der Waals surface area contributed by atoms with Gasteiger partial charge in [0.2, 0.25) is 0 Å². The zero-order valence-electron chi connectivity index (χ0n) is 12.6. The van der Waals surface area contributed by atoms with E-state index in [9.17, 15) is 4.79 Å². The van der Waals surface area contributed by atoms with Crippen molar-refractivity contribution in [1.29, 1.82) is 0 Å². The lowest BCUT2D eigenvalue weighted by molar-refractivity contribution is 0.0948. The minimum atomic E-state index is -0.192. The van der Waals surface area contributed by atoms with Crippen molar-refractivity contribution in [3.05, 3.63) is 47.4 Å². The topological polar surface area (TPSA) is 66.9 Å². The van der Waals surface area contributed by atoms with Crippen molar-refractivity contribution >= 4 is 17.4 Å². The fourth-order valence-electron chi connectivity index (χ4n) is 1.85. The van der Waals surface area contributed by atoms with Crippen LogP contribution in [0.25, 0.3) is 0 Å². The van der Waals surface area contributed by atoms with Gasteiger partial charge in [-0.05, 0) is 37.5 Å². The highest BCUT2D eigenvalue weighted by Crippen LogP contribution is 2.20. The van der Waals surface area contributed by atoms with Crippen LogP contribution in [0.3, 0.4) is 0 Å². The summed E-state index contributed by atoms with van der Waals surface area (Å²) in [5.74, 6) is 0.429. The quantitative estimate of drug-likeness (QED) is 0.885. The summed E-state index contributed by atoms with van der Waals surface area (Å²) in [6.07, 6.45) is 3.95. The predicted molar refractivity (Wildman–Crippen MR) is 83.9 cm³/mol. The molecule has 110 valence electrons. The number of nitrogens with zero attached hydrogens (tertiary/aromatic N) is 2. The van der Waals surface area contributed by atoms with Gasteiger partial charge in [-0.15, -0.1) is 0 Å². The number of aryl methyl sites for hydroxylation is 2. The third-order valence-electron chi connectivity index (χ3n) is 3.08. The molecule has 2 rings (SSSR count). The van der Waals surface area contributed by atoms with Crippen molar-refractivity contribution in [2.24, 2.45) is 0 Å². The molecule has 0 aliphatic heterocycles. The first-order valence-electron chi connectivity index (χ1n) is 7.04. The van der Waals surface area contributed by atoms with Gasteiger partial charge in [0.25, 0.3) is 5.91 Å². The zero-order valence-corrected chi connectivity index (χ0v) is 12.6. The van der Waals surface area contributed by atoms with E-state index < -0.39 is 0 Å². The first-order valence-corrected chi connectivity index (χ1v) is 7.04. The third kappa shape index (κ3) is 4.02. The molecule has 0 spiro atoms. The summed E-state index contributed by atoms with van der Waals surface area (Å²) in [7, 11) is 0. The van der Waals surface area contributed by atoms with Crippen LogP contribution in [0.2, 0.25) is 0 Å². The lowest BCUT2D eigenvalue weighted by atomic mass is 10.1. The summed E-state index contributed by atoms with van der Waals surface area (Å²) in [5, 5.41) is 5.99. The van der Waals surface area contributed by atoms with Crippen LogP contribution in [0.4, 0.5) is 11.5 Å². The van der Waals surface area contributed by atoms with Crippen LogP contribution in [0.1, 0.15) is 35.0 Å². The monoisotopic (exact) mass is 284 g/mol. The fraction of sp³-hybridized carbons (Fsp3) is 0.312. The van der Waals surface area contributed by atoms with Gasteiger partial charge in [-0.1, -0.05) is 19.1 Å². The van der Waals surface area contributed by atoms with Crippen LogP contribution >= 0.6 is 0 Å². The van der Waals surface area contributed by atoms with Crippen LogP contribution < -0.4 is 10.6 Å². The van der Waals surface area contributed by atoms with E-state index in [1.54, 1.807) is 6.20 Å². The van der Waals surface area contributed by atoms with Crippen LogP contribution in [0.15, 0.2) is 30.6 Å². The average molecular weight is 284 g/mol. The van der Waals surface area contributed by atoms with Gasteiger partial charge < -0.3 is 10.6 Å². The molecule has 5 nitrogen and oxygen atoms in total. The first kappa shape index (κ1) is 15.0. The molecule has 2 N–H and O–H groups in total. The second-order valence-electron chi connectivity index (χ2n) is 4.99. The lowest BCUT2D eigenvalue weighted by Crippen LogP contribution is -2.25. The maximum Gasteiger partial charge on any atom is 0.271 e. The molecular weight excluding hydrogens is 264 g/mol. The van der Waals surface area contributed by atoms with E-state index in [-0.39, 0.29) is 5.91 Å². The number of rotatable bonds is 5. The number of carbonyl (C=O) groups is 1. The molecule has 0 aliphatic rings. The summed E-state index contributed by atoms with van der Waals surface area (Å²) in [4.78, 5) is 20.1. The molecule has 0 aliphatic carbocycles. The van der Waals surface area contributed by atoms with Gasteiger partial charge in [-0.3, -0.25) is 4.79 Å². The Morgan fingerprint density at radius 2 is 2.00 bits per heavy atom. The highest BCUT2D eigenvalue weighted by atomic mass is 16.1. The van der Waals surface area contributed by atoms with Crippen LogP contribution in [-0.4, -0.2) is 22.4 Å². The molecule has 1 aromatic heterocycles. The number of nitrogens with one attached hydrogen (secondary N) is 2. The molecule has 0 fully saturated rings. The summed E-state index contributed by atoms with van der Waals surface area (Å²) >= 11 is 0. The molecule has 2 aromatic rings. The molecule has 21 heavy (non-hydrogen) atoms. The fourth-order valence-corrected chi connectivity index (χ4v) is 1.85. The second kappa shape index (κ2) is 6.83. The smallest absolute Gasteiger partial charge is 0.271 e. The molecule has 1 aromatic carbocycles. The Bertz CT molecular complexity index is 623. The van der Waals surface area contributed by atoms with Crippen LogP contribution in [-0.2, 0) is 0 Å². The number of carbonyl (C=O) groups excluding carboxylic acids is 1. The van der Waals surface area contributed by atoms with Gasteiger partial charge in [0.1, 0.15) is 11.5 Å². The maximum absolute atomic E-state index is 11.7. The molecular formula is C16H20N4O. The van der Waals surface area contributed by atoms with Crippen molar-refractivity contribution in [2.45, 2.75) is 27.2 Å². The number of anilines is 2. The van der Waals surface area contributed by atoms with E-state index in [1.807, 2.05) is 20.8 Å². The molecule has 0 radical (unpaired) electrons. The van der Waals surface area contributed by atoms with Crippen molar-refractivity contribution < 1.29 is 4.79 Å². The number of aromatic nitrogens is 2. The van der Waals surface area contributed by atoms with E-state index in [0.717, 1.165) is 17.7 Å². The largest absolute Gasteiger partial charge is 0.351 e. The minimum absolute atomic E-state index is 0.192. The maximum atomic E-state index is 11.7. The van der Waals surface area contributed by atoms with Crippen molar-refractivity contribution in [3.8, 4) is 0 Å². The lowest BCUT2D eigenvalue weighted by Gasteiger charge is -2.10. The van der Waals surface area contributed by atoms with Crippen LogP contribution in [0.5, 0.6) is 0 Å². The van der Waals surface area contributed by atoms with E-state index in [2.05, 4.69) is 38.8 Å². The molecule has 0 saturated carbocycles. The van der Waals surface area contributed by atoms with Crippen molar-refractivity contribution in [3.63, 3.8) is 0 Å². The molecule has 1 heterocycles. The molecule has 0 saturated heterocycles. The van der Waals surface area contributed by atoms with Gasteiger partial charge in [0, 0.05) is 12.2 Å². The van der Waals surface area contributed by atoms with E-state index in [1.165, 1.54) is 11.8 Å². The Balaban J connectivity index is 2.09. The van der Waals surface area contributed by atoms with Gasteiger partial charge in [0.05, 0.1) is 12.4 Å². The predicted octanol–water partition coefficient (Wildman–Crippen LogP) is 2.98. The summed E-state index contributed by atoms with van der Waals surface area (Å²) < 4.78 is 0. The van der Waals surface area contributed by atoms with E-state index in [0.29, 0.717) is 18.1 Å². The van der Waals surface area contributed by atoms with Gasteiger partial charge in [0.15, 0.2) is 0 Å². The Hall–Kier alpha value is -2.43.